The zero-order valence-corrected chi connectivity index (χ0v) is 16.2. The zero-order chi connectivity index (χ0) is 19.4. The molecule has 3 rings (SSSR count). The minimum absolute atomic E-state index is 0.0472. The Labute approximate surface area is 158 Å². The number of nitrogens with one attached hydrogen (secondary N) is 1. The molecule has 0 saturated carbocycles. The smallest absolute Gasteiger partial charge is 0.238 e. The topological polar surface area (TPSA) is 84.9 Å². The average molecular weight is 400 g/mol. The summed E-state index contributed by atoms with van der Waals surface area (Å²) in [5, 5.41) is 2.79. The van der Waals surface area contributed by atoms with Crippen LogP contribution in [0.4, 0.5) is 4.39 Å². The summed E-state index contributed by atoms with van der Waals surface area (Å²) in [6, 6.07) is 2.11. The van der Waals surface area contributed by atoms with Crippen molar-refractivity contribution in [3.63, 3.8) is 0 Å². The molecule has 2 aliphatic heterocycles. The highest BCUT2D eigenvalue weighted by atomic mass is 32.2. The quantitative estimate of drug-likeness (QED) is 0.751. The van der Waals surface area contributed by atoms with Crippen LogP contribution in [0.3, 0.4) is 0 Å². The summed E-state index contributed by atoms with van der Waals surface area (Å²) in [4.78, 5) is 12.5. The van der Waals surface area contributed by atoms with E-state index in [0.717, 1.165) is 0 Å². The van der Waals surface area contributed by atoms with Crippen molar-refractivity contribution in [1.29, 1.82) is 0 Å². The Morgan fingerprint density at radius 1 is 1.41 bits per heavy atom. The molecule has 0 aliphatic carbocycles. The van der Waals surface area contributed by atoms with Crippen LogP contribution in [-0.2, 0) is 32.6 Å². The molecule has 2 aliphatic rings. The van der Waals surface area contributed by atoms with Crippen molar-refractivity contribution in [3.05, 3.63) is 29.1 Å². The Hall–Kier alpha value is -1.71. The molecule has 0 spiro atoms. The molecule has 1 saturated heterocycles. The Kier molecular flexibility index (Phi) is 6.33. The molecule has 1 aromatic carbocycles. The monoisotopic (exact) mass is 400 g/mol. The van der Waals surface area contributed by atoms with E-state index in [2.05, 4.69) is 5.32 Å². The number of sulfonamides is 1. The molecular weight excluding hydrogens is 375 g/mol. The Morgan fingerprint density at radius 2 is 2.22 bits per heavy atom. The second kappa shape index (κ2) is 8.53. The van der Waals surface area contributed by atoms with Gasteiger partial charge in [0.2, 0.25) is 15.9 Å². The van der Waals surface area contributed by atoms with Gasteiger partial charge in [-0.25, -0.2) is 12.8 Å². The van der Waals surface area contributed by atoms with Crippen LogP contribution in [0.15, 0.2) is 12.1 Å². The van der Waals surface area contributed by atoms with Crippen LogP contribution in [0.2, 0.25) is 0 Å². The van der Waals surface area contributed by atoms with E-state index >= 15 is 0 Å². The van der Waals surface area contributed by atoms with Gasteiger partial charge in [-0.15, -0.1) is 0 Å². The van der Waals surface area contributed by atoms with E-state index in [0.29, 0.717) is 55.7 Å². The van der Waals surface area contributed by atoms with E-state index in [1.165, 1.54) is 16.4 Å². The Morgan fingerprint density at radius 3 is 3.00 bits per heavy atom. The predicted octanol–water partition coefficient (Wildman–Crippen LogP) is 1.56. The Balaban J connectivity index is 1.61. The number of benzene rings is 1. The van der Waals surface area contributed by atoms with Gasteiger partial charge in [0.15, 0.2) is 6.79 Å². The normalized spacial score (nSPS) is 20.1. The minimum Gasteiger partial charge on any atom is -0.467 e. The van der Waals surface area contributed by atoms with E-state index in [-0.39, 0.29) is 30.8 Å². The first-order valence-electron chi connectivity index (χ1n) is 9.21. The average Bonchev–Trinajstić information content (AvgIpc) is 3.12. The maximum absolute atomic E-state index is 13.8. The second-order valence-corrected chi connectivity index (χ2v) is 8.83. The lowest BCUT2D eigenvalue weighted by Gasteiger charge is -2.23. The van der Waals surface area contributed by atoms with E-state index in [9.17, 15) is 17.6 Å². The van der Waals surface area contributed by atoms with Crippen LogP contribution in [0.5, 0.6) is 5.75 Å². The van der Waals surface area contributed by atoms with Gasteiger partial charge in [0.1, 0.15) is 17.6 Å². The molecule has 1 atom stereocenters. The van der Waals surface area contributed by atoms with E-state index in [4.69, 9.17) is 9.47 Å². The molecule has 1 N–H and O–H groups in total. The first kappa shape index (κ1) is 20.0. The third-order valence-electron chi connectivity index (χ3n) is 4.77. The molecule has 150 valence electrons. The summed E-state index contributed by atoms with van der Waals surface area (Å²) < 4.78 is 50.3. The fourth-order valence-electron chi connectivity index (χ4n) is 3.59. The predicted molar refractivity (Wildman–Crippen MR) is 97.2 cm³/mol. The fourth-order valence-corrected chi connectivity index (χ4v) is 5.34. The van der Waals surface area contributed by atoms with Crippen LogP contribution < -0.4 is 10.1 Å². The Bertz CT molecular complexity index is 799. The number of hydrogen-bond acceptors (Lipinski definition) is 5. The lowest BCUT2D eigenvalue weighted by Crippen LogP contribution is -2.46. The van der Waals surface area contributed by atoms with Crippen molar-refractivity contribution in [2.45, 2.75) is 45.3 Å². The van der Waals surface area contributed by atoms with Crippen LogP contribution in [-0.4, -0.2) is 50.3 Å². The molecule has 1 aromatic rings. The third-order valence-corrected chi connectivity index (χ3v) is 6.85. The van der Waals surface area contributed by atoms with Gasteiger partial charge in [-0.2, -0.15) is 4.31 Å². The molecule has 27 heavy (non-hydrogen) atoms. The van der Waals surface area contributed by atoms with Crippen molar-refractivity contribution < 1.29 is 27.1 Å². The van der Waals surface area contributed by atoms with Gasteiger partial charge in [-0.3, -0.25) is 4.79 Å². The number of fused-ring (bicyclic) bond motifs is 1. The summed E-state index contributed by atoms with van der Waals surface area (Å²) >= 11 is 0. The lowest BCUT2D eigenvalue weighted by molar-refractivity contribution is -0.124. The lowest BCUT2D eigenvalue weighted by atomic mass is 10.1. The number of nitrogens with zero attached hydrogens (tertiary/aromatic N) is 1. The molecule has 0 aromatic heterocycles. The van der Waals surface area contributed by atoms with E-state index < -0.39 is 16.1 Å². The van der Waals surface area contributed by atoms with Gasteiger partial charge in [0.05, 0.1) is 12.4 Å². The SMILES string of the molecule is CCCS(=O)(=O)N1CCCC1C(=O)NCCc1cc(F)cc2c1OCOC2. The summed E-state index contributed by atoms with van der Waals surface area (Å²) in [5.74, 6) is -0.0329. The van der Waals surface area contributed by atoms with Gasteiger partial charge < -0.3 is 14.8 Å². The van der Waals surface area contributed by atoms with E-state index in [1.54, 1.807) is 6.92 Å². The molecule has 2 heterocycles. The number of ether oxygens (including phenoxy) is 2. The van der Waals surface area contributed by atoms with Crippen LogP contribution >= 0.6 is 0 Å². The molecule has 0 radical (unpaired) electrons. The van der Waals surface area contributed by atoms with E-state index in [1.807, 2.05) is 0 Å². The third kappa shape index (κ3) is 4.59. The molecular formula is C18H25FN2O5S. The summed E-state index contributed by atoms with van der Waals surface area (Å²) in [6.45, 7) is 2.86. The number of hydrogen-bond donors (Lipinski definition) is 1. The molecule has 1 unspecified atom stereocenters. The van der Waals surface area contributed by atoms with Crippen molar-refractivity contribution in [3.8, 4) is 5.75 Å². The highest BCUT2D eigenvalue weighted by Gasteiger charge is 2.37. The minimum atomic E-state index is -3.41. The maximum atomic E-state index is 13.8. The van der Waals surface area contributed by atoms with Crippen LogP contribution in [0.1, 0.15) is 37.3 Å². The molecule has 7 nitrogen and oxygen atoms in total. The van der Waals surface area contributed by atoms with Crippen molar-refractivity contribution in [2.75, 3.05) is 25.6 Å². The van der Waals surface area contributed by atoms with Crippen LogP contribution in [0, 0.1) is 5.82 Å². The van der Waals surface area contributed by atoms with Crippen molar-refractivity contribution >= 4 is 15.9 Å². The van der Waals surface area contributed by atoms with Crippen molar-refractivity contribution in [1.82, 2.24) is 9.62 Å². The molecule has 0 bridgehead atoms. The highest BCUT2D eigenvalue weighted by molar-refractivity contribution is 7.89. The zero-order valence-electron chi connectivity index (χ0n) is 15.4. The number of carbonyl (C=O) groups is 1. The first-order valence-corrected chi connectivity index (χ1v) is 10.8. The fraction of sp³-hybridized carbons (Fsp3) is 0.611. The van der Waals surface area contributed by atoms with Gasteiger partial charge in [0.25, 0.3) is 0 Å². The highest BCUT2D eigenvalue weighted by Crippen LogP contribution is 2.29. The number of rotatable bonds is 7. The van der Waals surface area contributed by atoms with Crippen LogP contribution in [0.25, 0.3) is 0 Å². The number of halogens is 1. The molecule has 1 fully saturated rings. The van der Waals surface area contributed by atoms with Gasteiger partial charge in [-0.1, -0.05) is 6.92 Å². The number of carbonyl (C=O) groups excluding carboxylic acids is 1. The van der Waals surface area contributed by atoms with Crippen molar-refractivity contribution in [2.24, 2.45) is 0 Å². The largest absolute Gasteiger partial charge is 0.467 e. The summed E-state index contributed by atoms with van der Waals surface area (Å²) in [5.41, 5.74) is 1.31. The van der Waals surface area contributed by atoms with Gasteiger partial charge in [-0.05, 0) is 43.4 Å². The first-order chi connectivity index (χ1) is 12.9. The number of amides is 1. The van der Waals surface area contributed by atoms with Gasteiger partial charge >= 0.3 is 0 Å². The van der Waals surface area contributed by atoms with Gasteiger partial charge in [0, 0.05) is 18.7 Å². The summed E-state index contributed by atoms with van der Waals surface area (Å²) in [6.07, 6.45) is 2.10. The standard InChI is InChI=1S/C18H25FN2O5S/c1-2-8-27(23,24)21-7-3-4-16(21)18(22)20-6-5-13-9-15(19)10-14-11-25-12-26-17(13)14/h9-10,16H,2-8,11-12H2,1H3,(H,20,22). The second-order valence-electron chi connectivity index (χ2n) is 6.79. The maximum Gasteiger partial charge on any atom is 0.238 e. The molecule has 1 amide bonds. The molecule has 9 heteroatoms. The summed E-state index contributed by atoms with van der Waals surface area (Å²) in [7, 11) is -3.41.